The predicted molar refractivity (Wildman–Crippen MR) is 85.0 cm³/mol. The highest BCUT2D eigenvalue weighted by atomic mass is 16.5. The Balaban J connectivity index is 1.93. The van der Waals surface area contributed by atoms with E-state index in [2.05, 4.69) is 10.3 Å². The lowest BCUT2D eigenvalue weighted by molar-refractivity contribution is -0.142. The van der Waals surface area contributed by atoms with Gasteiger partial charge in [-0.15, -0.1) is 0 Å². The van der Waals surface area contributed by atoms with Gasteiger partial charge in [-0.2, -0.15) is 0 Å². The number of nitrogens with zero attached hydrogens (tertiary/aromatic N) is 1. The molecule has 1 N–H and O–H groups in total. The van der Waals surface area contributed by atoms with Gasteiger partial charge in [-0.05, 0) is 30.7 Å². The van der Waals surface area contributed by atoms with E-state index in [9.17, 15) is 9.59 Å². The number of carbonyl (C=O) groups excluding carboxylic acids is 2. The van der Waals surface area contributed by atoms with Crippen LogP contribution in [0.1, 0.15) is 18.9 Å². The Morgan fingerprint density at radius 3 is 2.91 bits per heavy atom. The quantitative estimate of drug-likeness (QED) is 0.656. The van der Waals surface area contributed by atoms with Crippen molar-refractivity contribution in [3.8, 4) is 0 Å². The molecule has 5 heteroatoms. The second-order valence-corrected chi connectivity index (χ2v) is 4.60. The number of hydrogen-bond donors (Lipinski definition) is 1. The number of rotatable bonds is 6. The third-order valence-corrected chi connectivity index (χ3v) is 3.03. The first-order valence-electron chi connectivity index (χ1n) is 7.16. The van der Waals surface area contributed by atoms with Gasteiger partial charge in [-0.1, -0.05) is 18.2 Å². The highest BCUT2D eigenvalue weighted by Gasteiger charge is 2.03. The summed E-state index contributed by atoms with van der Waals surface area (Å²) in [7, 11) is 0. The van der Waals surface area contributed by atoms with Gasteiger partial charge in [0, 0.05) is 24.2 Å². The van der Waals surface area contributed by atoms with Crippen molar-refractivity contribution in [2.75, 3.05) is 13.2 Å². The number of ether oxygens (including phenoxy) is 1. The molecule has 1 aromatic carbocycles. The van der Waals surface area contributed by atoms with Gasteiger partial charge < -0.3 is 10.1 Å². The lowest BCUT2D eigenvalue weighted by Crippen LogP contribution is -2.24. The summed E-state index contributed by atoms with van der Waals surface area (Å²) >= 11 is 0. The molecule has 0 saturated carbocycles. The molecule has 0 unspecified atom stereocenters. The van der Waals surface area contributed by atoms with Crippen LogP contribution in [-0.4, -0.2) is 30.0 Å². The van der Waals surface area contributed by atoms with Crippen LogP contribution in [0.5, 0.6) is 0 Å². The molecule has 0 aliphatic carbocycles. The average molecular weight is 298 g/mol. The van der Waals surface area contributed by atoms with E-state index in [1.807, 2.05) is 30.3 Å². The normalized spacial score (nSPS) is 10.8. The Kier molecular flexibility index (Phi) is 5.65. The van der Waals surface area contributed by atoms with Crippen LogP contribution in [0.2, 0.25) is 0 Å². The minimum Gasteiger partial charge on any atom is -0.466 e. The summed E-state index contributed by atoms with van der Waals surface area (Å²) in [6, 6.07) is 9.59. The Hall–Kier alpha value is -2.69. The highest BCUT2D eigenvalue weighted by molar-refractivity contribution is 5.95. The molecule has 22 heavy (non-hydrogen) atoms. The van der Waals surface area contributed by atoms with Gasteiger partial charge in [0.2, 0.25) is 5.91 Å². The van der Waals surface area contributed by atoms with Crippen molar-refractivity contribution in [3.63, 3.8) is 0 Å². The monoisotopic (exact) mass is 298 g/mol. The van der Waals surface area contributed by atoms with Gasteiger partial charge >= 0.3 is 5.97 Å². The van der Waals surface area contributed by atoms with Crippen LogP contribution in [0.4, 0.5) is 0 Å². The molecular weight excluding hydrogens is 280 g/mol. The summed E-state index contributed by atoms with van der Waals surface area (Å²) < 4.78 is 4.79. The molecule has 0 bridgehead atoms. The van der Waals surface area contributed by atoms with Crippen LogP contribution in [0.3, 0.4) is 0 Å². The van der Waals surface area contributed by atoms with E-state index in [0.29, 0.717) is 6.61 Å². The zero-order valence-corrected chi connectivity index (χ0v) is 12.4. The summed E-state index contributed by atoms with van der Waals surface area (Å²) in [5.74, 6) is -0.558. The average Bonchev–Trinajstić information content (AvgIpc) is 2.53. The third kappa shape index (κ3) is 4.41. The van der Waals surface area contributed by atoms with Gasteiger partial charge in [0.25, 0.3) is 0 Å². The molecule has 0 saturated heterocycles. The Bertz CT molecular complexity index is 690. The van der Waals surface area contributed by atoms with Crippen molar-refractivity contribution in [1.29, 1.82) is 0 Å². The number of aromatic nitrogens is 1. The van der Waals surface area contributed by atoms with Crippen LogP contribution in [0.25, 0.3) is 17.0 Å². The summed E-state index contributed by atoms with van der Waals surface area (Å²) in [4.78, 5) is 27.1. The molecule has 0 radical (unpaired) electrons. The number of hydrogen-bond acceptors (Lipinski definition) is 4. The molecule has 2 aromatic rings. The number of pyridine rings is 1. The number of amides is 1. The molecule has 0 spiro atoms. The highest BCUT2D eigenvalue weighted by Crippen LogP contribution is 2.17. The zero-order chi connectivity index (χ0) is 15.8. The molecule has 114 valence electrons. The maximum absolute atomic E-state index is 11.7. The van der Waals surface area contributed by atoms with Crippen molar-refractivity contribution in [2.45, 2.75) is 13.3 Å². The first-order valence-corrected chi connectivity index (χ1v) is 7.16. The standard InChI is InChI=1S/C17H18N2O3/c1-2-22-17(21)10-12-19-16(20)8-7-13-9-11-18-15-6-4-3-5-14(13)15/h3-9,11H,2,10,12H2,1H3,(H,19,20). The van der Waals surface area contributed by atoms with E-state index in [4.69, 9.17) is 4.74 Å². The summed E-state index contributed by atoms with van der Waals surface area (Å²) in [5.41, 5.74) is 1.80. The number of benzene rings is 1. The minimum atomic E-state index is -0.313. The predicted octanol–water partition coefficient (Wildman–Crippen LogP) is 2.32. The van der Waals surface area contributed by atoms with Gasteiger partial charge in [-0.3, -0.25) is 14.6 Å². The van der Waals surface area contributed by atoms with Crippen LogP contribution >= 0.6 is 0 Å². The molecule has 0 aliphatic heterocycles. The first-order chi connectivity index (χ1) is 10.7. The maximum Gasteiger partial charge on any atom is 0.307 e. The van der Waals surface area contributed by atoms with E-state index in [-0.39, 0.29) is 24.8 Å². The molecule has 2 rings (SSSR count). The van der Waals surface area contributed by atoms with E-state index in [0.717, 1.165) is 16.5 Å². The number of esters is 1. The number of nitrogens with one attached hydrogen (secondary N) is 1. The molecular formula is C17H18N2O3. The van der Waals surface area contributed by atoms with E-state index in [1.165, 1.54) is 6.08 Å². The molecule has 1 aromatic heterocycles. The fraction of sp³-hybridized carbons (Fsp3) is 0.235. The van der Waals surface area contributed by atoms with Crippen molar-refractivity contribution < 1.29 is 14.3 Å². The number of carbonyl (C=O) groups is 2. The van der Waals surface area contributed by atoms with E-state index < -0.39 is 0 Å². The van der Waals surface area contributed by atoms with Crippen LogP contribution in [0.15, 0.2) is 42.6 Å². The van der Waals surface area contributed by atoms with Crippen molar-refractivity contribution >= 4 is 28.9 Å². The van der Waals surface area contributed by atoms with Gasteiger partial charge in [0.15, 0.2) is 0 Å². The third-order valence-electron chi connectivity index (χ3n) is 3.03. The van der Waals surface area contributed by atoms with Gasteiger partial charge in [-0.25, -0.2) is 0 Å². The first kappa shape index (κ1) is 15.7. The number of para-hydroxylation sites is 1. The fourth-order valence-electron chi connectivity index (χ4n) is 2.01. The zero-order valence-electron chi connectivity index (χ0n) is 12.4. The molecule has 0 aliphatic rings. The largest absolute Gasteiger partial charge is 0.466 e. The van der Waals surface area contributed by atoms with Crippen LogP contribution in [0, 0.1) is 0 Å². The SMILES string of the molecule is CCOC(=O)CCNC(=O)C=Cc1ccnc2ccccc12. The van der Waals surface area contributed by atoms with Crippen molar-refractivity contribution in [1.82, 2.24) is 10.3 Å². The minimum absolute atomic E-state index is 0.172. The fourth-order valence-corrected chi connectivity index (χ4v) is 2.01. The van der Waals surface area contributed by atoms with Gasteiger partial charge in [0.1, 0.15) is 0 Å². The Morgan fingerprint density at radius 2 is 2.09 bits per heavy atom. The van der Waals surface area contributed by atoms with Crippen LogP contribution in [-0.2, 0) is 14.3 Å². The second-order valence-electron chi connectivity index (χ2n) is 4.60. The summed E-state index contributed by atoms with van der Waals surface area (Å²) in [5, 5.41) is 3.63. The van der Waals surface area contributed by atoms with Gasteiger partial charge in [0.05, 0.1) is 18.5 Å². The lowest BCUT2D eigenvalue weighted by atomic mass is 10.1. The molecule has 1 amide bonds. The second kappa shape index (κ2) is 7.93. The Labute approximate surface area is 129 Å². The van der Waals surface area contributed by atoms with Crippen molar-refractivity contribution in [2.24, 2.45) is 0 Å². The van der Waals surface area contributed by atoms with E-state index >= 15 is 0 Å². The van der Waals surface area contributed by atoms with Crippen molar-refractivity contribution in [3.05, 3.63) is 48.2 Å². The molecule has 0 atom stereocenters. The molecule has 5 nitrogen and oxygen atoms in total. The summed E-state index contributed by atoms with van der Waals surface area (Å²) in [6.07, 6.45) is 5.07. The molecule has 0 fully saturated rings. The van der Waals surface area contributed by atoms with Crippen LogP contribution < -0.4 is 5.32 Å². The topological polar surface area (TPSA) is 68.3 Å². The lowest BCUT2D eigenvalue weighted by Gasteiger charge is -2.03. The molecule has 1 heterocycles. The smallest absolute Gasteiger partial charge is 0.307 e. The number of fused-ring (bicyclic) bond motifs is 1. The maximum atomic E-state index is 11.7. The Morgan fingerprint density at radius 1 is 1.27 bits per heavy atom. The van der Waals surface area contributed by atoms with E-state index in [1.54, 1.807) is 19.2 Å². The summed E-state index contributed by atoms with van der Waals surface area (Å²) in [6.45, 7) is 2.36.